The Labute approximate surface area is 142 Å². The summed E-state index contributed by atoms with van der Waals surface area (Å²) in [7, 11) is -0.349. The van der Waals surface area contributed by atoms with Crippen LogP contribution in [0.25, 0.3) is 0 Å². The van der Waals surface area contributed by atoms with E-state index in [2.05, 4.69) is 0 Å². The average molecular weight is 347 g/mol. The Balaban J connectivity index is 1.97. The fraction of sp³-hybridized carbons (Fsp3) is 0.333. The molecule has 128 valence electrons. The third kappa shape index (κ3) is 2.99. The van der Waals surface area contributed by atoms with E-state index in [0.29, 0.717) is 22.9 Å². The number of rotatable bonds is 5. The molecule has 0 aliphatic carbocycles. The average Bonchev–Trinajstić information content (AvgIpc) is 3.12. The van der Waals surface area contributed by atoms with Crippen LogP contribution in [-0.4, -0.2) is 33.5 Å². The summed E-state index contributed by atoms with van der Waals surface area (Å²) in [5.74, 6) is 1.25. The molecule has 2 aromatic carbocycles. The smallest absolute Gasteiger partial charge is 0.243 e. The maximum absolute atomic E-state index is 13.0. The van der Waals surface area contributed by atoms with Crippen LogP contribution in [-0.2, 0) is 10.0 Å². The highest BCUT2D eigenvalue weighted by atomic mass is 32.2. The molecule has 1 heterocycles. The molecule has 1 aliphatic heterocycles. The molecular formula is C18H21NO4S. The second kappa shape index (κ2) is 6.83. The van der Waals surface area contributed by atoms with E-state index in [9.17, 15) is 8.42 Å². The first-order valence-electron chi connectivity index (χ1n) is 7.86. The van der Waals surface area contributed by atoms with Gasteiger partial charge in [-0.15, -0.1) is 0 Å². The molecule has 1 fully saturated rings. The van der Waals surface area contributed by atoms with Gasteiger partial charge in [-0.3, -0.25) is 0 Å². The highest BCUT2D eigenvalue weighted by Gasteiger charge is 2.36. The van der Waals surface area contributed by atoms with E-state index in [1.54, 1.807) is 42.8 Å². The van der Waals surface area contributed by atoms with Gasteiger partial charge in [-0.25, -0.2) is 8.42 Å². The molecular weight excluding hydrogens is 326 g/mol. The number of benzene rings is 2. The zero-order valence-corrected chi connectivity index (χ0v) is 14.6. The predicted molar refractivity (Wildman–Crippen MR) is 91.9 cm³/mol. The number of hydrogen-bond donors (Lipinski definition) is 0. The van der Waals surface area contributed by atoms with Crippen LogP contribution < -0.4 is 9.47 Å². The monoisotopic (exact) mass is 347 g/mol. The first kappa shape index (κ1) is 16.8. The zero-order chi connectivity index (χ0) is 17.2. The number of hydrogen-bond acceptors (Lipinski definition) is 4. The van der Waals surface area contributed by atoms with E-state index in [1.807, 2.05) is 24.3 Å². The summed E-state index contributed by atoms with van der Waals surface area (Å²) in [6.07, 6.45) is 1.63. The third-order valence-electron chi connectivity index (χ3n) is 4.35. The topological polar surface area (TPSA) is 55.8 Å². The van der Waals surface area contributed by atoms with Gasteiger partial charge < -0.3 is 9.47 Å². The molecule has 0 spiro atoms. The number of sulfonamides is 1. The van der Waals surface area contributed by atoms with E-state index in [0.717, 1.165) is 18.4 Å². The van der Waals surface area contributed by atoms with E-state index < -0.39 is 10.0 Å². The van der Waals surface area contributed by atoms with Gasteiger partial charge in [0.2, 0.25) is 10.0 Å². The zero-order valence-electron chi connectivity index (χ0n) is 13.8. The van der Waals surface area contributed by atoms with Gasteiger partial charge >= 0.3 is 0 Å². The van der Waals surface area contributed by atoms with Gasteiger partial charge in [-0.05, 0) is 42.7 Å². The molecule has 0 aromatic heterocycles. The fourth-order valence-corrected chi connectivity index (χ4v) is 4.85. The minimum Gasteiger partial charge on any atom is -0.493 e. The van der Waals surface area contributed by atoms with Crippen molar-refractivity contribution in [3.8, 4) is 11.5 Å². The molecule has 0 saturated carbocycles. The summed E-state index contributed by atoms with van der Waals surface area (Å²) < 4.78 is 38.1. The first-order chi connectivity index (χ1) is 11.6. The Kier molecular flexibility index (Phi) is 4.78. The Hall–Kier alpha value is -2.05. The van der Waals surface area contributed by atoms with Gasteiger partial charge in [0.1, 0.15) is 0 Å². The Morgan fingerprint density at radius 2 is 1.71 bits per heavy atom. The van der Waals surface area contributed by atoms with Crippen LogP contribution in [0.2, 0.25) is 0 Å². The van der Waals surface area contributed by atoms with Gasteiger partial charge in [-0.2, -0.15) is 4.31 Å². The van der Waals surface area contributed by atoms with Crippen LogP contribution in [0.3, 0.4) is 0 Å². The van der Waals surface area contributed by atoms with Crippen molar-refractivity contribution < 1.29 is 17.9 Å². The normalized spacial score (nSPS) is 18.5. The second-order valence-electron chi connectivity index (χ2n) is 5.70. The lowest BCUT2D eigenvalue weighted by Gasteiger charge is -2.25. The van der Waals surface area contributed by atoms with E-state index in [-0.39, 0.29) is 6.04 Å². The lowest BCUT2D eigenvalue weighted by Crippen LogP contribution is -2.30. The van der Waals surface area contributed by atoms with E-state index in [1.165, 1.54) is 0 Å². The van der Waals surface area contributed by atoms with Gasteiger partial charge in [0.05, 0.1) is 25.2 Å². The third-order valence-corrected chi connectivity index (χ3v) is 6.27. The summed E-state index contributed by atoms with van der Waals surface area (Å²) in [4.78, 5) is 0.331. The lowest BCUT2D eigenvalue weighted by molar-refractivity contribution is 0.351. The SMILES string of the molecule is COc1ccc([C@H]2CCCN2S(=O)(=O)c2ccccc2)cc1OC. The maximum Gasteiger partial charge on any atom is 0.243 e. The molecule has 0 radical (unpaired) electrons. The van der Waals surface area contributed by atoms with Crippen LogP contribution in [0, 0.1) is 0 Å². The molecule has 5 nitrogen and oxygen atoms in total. The van der Waals surface area contributed by atoms with Crippen molar-refractivity contribution in [3.05, 3.63) is 54.1 Å². The highest BCUT2D eigenvalue weighted by Crippen LogP contribution is 2.39. The molecule has 3 rings (SSSR count). The van der Waals surface area contributed by atoms with Crippen molar-refractivity contribution in [3.63, 3.8) is 0 Å². The molecule has 6 heteroatoms. The Bertz CT molecular complexity index is 805. The summed E-state index contributed by atoms with van der Waals surface area (Å²) in [5.41, 5.74) is 0.921. The van der Waals surface area contributed by atoms with Crippen LogP contribution in [0.15, 0.2) is 53.4 Å². The first-order valence-corrected chi connectivity index (χ1v) is 9.30. The fourth-order valence-electron chi connectivity index (χ4n) is 3.15. The largest absolute Gasteiger partial charge is 0.493 e. The minimum atomic E-state index is -3.51. The molecule has 1 aliphatic rings. The van der Waals surface area contributed by atoms with Crippen LogP contribution in [0.5, 0.6) is 11.5 Å². The highest BCUT2D eigenvalue weighted by molar-refractivity contribution is 7.89. The van der Waals surface area contributed by atoms with Crippen molar-refractivity contribution in [2.75, 3.05) is 20.8 Å². The number of ether oxygens (including phenoxy) is 2. The van der Waals surface area contributed by atoms with E-state index >= 15 is 0 Å². The molecule has 0 unspecified atom stereocenters. The number of nitrogens with zero attached hydrogens (tertiary/aromatic N) is 1. The van der Waals surface area contributed by atoms with Gasteiger partial charge in [0.25, 0.3) is 0 Å². The van der Waals surface area contributed by atoms with Crippen molar-refractivity contribution in [2.24, 2.45) is 0 Å². The van der Waals surface area contributed by atoms with Gasteiger partial charge in [0.15, 0.2) is 11.5 Å². The van der Waals surface area contributed by atoms with Crippen LogP contribution >= 0.6 is 0 Å². The summed E-state index contributed by atoms with van der Waals surface area (Å²) in [6.45, 7) is 0.524. The summed E-state index contributed by atoms with van der Waals surface area (Å²) in [6, 6.07) is 14.0. The van der Waals surface area contributed by atoms with Crippen molar-refractivity contribution in [1.29, 1.82) is 0 Å². The second-order valence-corrected chi connectivity index (χ2v) is 7.59. The molecule has 0 N–H and O–H groups in total. The van der Waals surface area contributed by atoms with Gasteiger partial charge in [-0.1, -0.05) is 24.3 Å². The van der Waals surface area contributed by atoms with Crippen LogP contribution in [0.1, 0.15) is 24.4 Å². The maximum atomic E-state index is 13.0. The lowest BCUT2D eigenvalue weighted by atomic mass is 10.0. The molecule has 24 heavy (non-hydrogen) atoms. The molecule has 0 amide bonds. The van der Waals surface area contributed by atoms with Gasteiger partial charge in [0, 0.05) is 6.54 Å². The van der Waals surface area contributed by atoms with E-state index in [4.69, 9.17) is 9.47 Å². The van der Waals surface area contributed by atoms with Crippen LogP contribution in [0.4, 0.5) is 0 Å². The van der Waals surface area contributed by atoms with Crippen molar-refractivity contribution >= 4 is 10.0 Å². The Morgan fingerprint density at radius 1 is 1.00 bits per heavy atom. The summed E-state index contributed by atoms with van der Waals surface area (Å²) in [5, 5.41) is 0. The number of methoxy groups -OCH3 is 2. The Morgan fingerprint density at radius 3 is 2.38 bits per heavy atom. The minimum absolute atomic E-state index is 0.185. The van der Waals surface area contributed by atoms with Crippen molar-refractivity contribution in [2.45, 2.75) is 23.8 Å². The molecule has 0 bridgehead atoms. The standard InChI is InChI=1S/C18H21NO4S/c1-22-17-11-10-14(13-18(17)23-2)16-9-6-12-19(16)24(20,21)15-7-4-3-5-8-15/h3-5,7-8,10-11,13,16H,6,9,12H2,1-2H3/t16-/m1/s1. The summed E-state index contributed by atoms with van der Waals surface area (Å²) >= 11 is 0. The van der Waals surface area contributed by atoms with Crippen molar-refractivity contribution in [1.82, 2.24) is 4.31 Å². The molecule has 1 atom stereocenters. The quantitative estimate of drug-likeness (QED) is 0.833. The molecule has 1 saturated heterocycles. The predicted octanol–water partition coefficient (Wildman–Crippen LogP) is 3.23. The molecule has 2 aromatic rings.